The summed E-state index contributed by atoms with van der Waals surface area (Å²) in [6, 6.07) is 55.5. The van der Waals surface area contributed by atoms with E-state index in [-0.39, 0.29) is 0 Å². The van der Waals surface area contributed by atoms with E-state index in [1.807, 2.05) is 12.4 Å². The third-order valence-corrected chi connectivity index (χ3v) is 10.4. The highest BCUT2D eigenvalue weighted by Crippen LogP contribution is 2.49. The maximum Gasteiger partial charge on any atom is 0.0547 e. The summed E-state index contributed by atoms with van der Waals surface area (Å²) in [4.78, 5) is 4.46. The molecule has 1 aliphatic carbocycles. The molecule has 0 bridgehead atoms. The predicted molar refractivity (Wildman–Crippen MR) is 200 cm³/mol. The molecule has 0 aliphatic heterocycles. The second-order valence-electron chi connectivity index (χ2n) is 12.8. The van der Waals surface area contributed by atoms with Gasteiger partial charge >= 0.3 is 0 Å². The van der Waals surface area contributed by atoms with Crippen LogP contribution < -0.4 is 0 Å². The van der Waals surface area contributed by atoms with Crippen LogP contribution in [0.5, 0.6) is 0 Å². The van der Waals surface area contributed by atoms with Crippen LogP contribution in [0.15, 0.2) is 164 Å². The van der Waals surface area contributed by atoms with Crippen LogP contribution in [0.2, 0.25) is 0 Å². The summed E-state index contributed by atoms with van der Waals surface area (Å²) >= 11 is 0. The predicted octanol–water partition coefficient (Wildman–Crippen LogP) is 11.7. The molecule has 0 N–H and O–H groups in total. The molecule has 48 heavy (non-hydrogen) atoms. The zero-order valence-corrected chi connectivity index (χ0v) is 25.9. The van der Waals surface area contributed by atoms with Crippen molar-refractivity contribution < 1.29 is 0 Å². The Bertz CT molecular complexity index is 2910. The van der Waals surface area contributed by atoms with Crippen molar-refractivity contribution in [3.05, 3.63) is 164 Å². The molecule has 0 unspecified atom stereocenters. The summed E-state index contributed by atoms with van der Waals surface area (Å²) in [5.74, 6) is 0. The van der Waals surface area contributed by atoms with Crippen molar-refractivity contribution in [2.24, 2.45) is 0 Å². The molecule has 7 aromatic carbocycles. The van der Waals surface area contributed by atoms with Gasteiger partial charge in [-0.2, -0.15) is 0 Å². The van der Waals surface area contributed by atoms with E-state index in [2.05, 4.69) is 166 Å². The standard InChI is InChI=1S/C45H27N3/c1-2-9-30(10-3-1)47-40-15-6-5-12-33(40)38-25-28(18-21-43(38)47)29-17-19-34-32-11-4-7-16-41(32)48(44(34)26-29)42-22-20-36-31-23-24-46-27-39(31)35-13-8-14-37(42)45(35)36/h1-27H. The molecule has 0 atom stereocenters. The Morgan fingerprint density at radius 1 is 0.375 bits per heavy atom. The number of para-hydroxylation sites is 3. The highest BCUT2D eigenvalue weighted by Gasteiger charge is 2.24. The number of hydrogen-bond acceptors (Lipinski definition) is 1. The molecule has 3 aromatic heterocycles. The minimum atomic E-state index is 1.17. The number of pyridine rings is 1. The van der Waals surface area contributed by atoms with Gasteiger partial charge < -0.3 is 9.13 Å². The number of hydrogen-bond donors (Lipinski definition) is 0. The second kappa shape index (κ2) is 9.54. The Labute approximate surface area is 276 Å². The maximum atomic E-state index is 4.46. The third kappa shape index (κ3) is 3.40. The van der Waals surface area contributed by atoms with Crippen molar-refractivity contribution in [1.82, 2.24) is 14.1 Å². The van der Waals surface area contributed by atoms with Crippen molar-refractivity contribution in [3.8, 4) is 44.8 Å². The first kappa shape index (κ1) is 25.7. The van der Waals surface area contributed by atoms with Gasteiger partial charge in [-0.15, -0.1) is 0 Å². The lowest BCUT2D eigenvalue weighted by atomic mass is 10.0. The summed E-state index contributed by atoms with van der Waals surface area (Å²) in [5, 5.41) is 7.60. The number of aromatic nitrogens is 3. The topological polar surface area (TPSA) is 22.8 Å². The molecule has 0 radical (unpaired) electrons. The van der Waals surface area contributed by atoms with E-state index < -0.39 is 0 Å². The zero-order chi connectivity index (χ0) is 31.3. The van der Waals surface area contributed by atoms with Gasteiger partial charge in [-0.25, -0.2) is 0 Å². The van der Waals surface area contributed by atoms with E-state index in [1.165, 1.54) is 99.1 Å². The Kier molecular flexibility index (Phi) is 5.11. The van der Waals surface area contributed by atoms with Gasteiger partial charge in [0, 0.05) is 50.6 Å². The molecule has 3 nitrogen and oxygen atoms in total. The van der Waals surface area contributed by atoms with E-state index >= 15 is 0 Å². The molecule has 3 heteroatoms. The highest BCUT2D eigenvalue weighted by molar-refractivity contribution is 6.19. The Morgan fingerprint density at radius 3 is 1.92 bits per heavy atom. The van der Waals surface area contributed by atoms with Gasteiger partial charge in [0.2, 0.25) is 0 Å². The fraction of sp³-hybridized carbons (Fsp3) is 0. The monoisotopic (exact) mass is 609 g/mol. The Morgan fingerprint density at radius 2 is 1.04 bits per heavy atom. The first-order valence-electron chi connectivity index (χ1n) is 16.5. The van der Waals surface area contributed by atoms with Gasteiger partial charge in [0.25, 0.3) is 0 Å². The molecule has 0 saturated heterocycles. The molecular weight excluding hydrogens is 583 g/mol. The molecule has 0 amide bonds. The summed E-state index contributed by atoms with van der Waals surface area (Å²) in [7, 11) is 0. The van der Waals surface area contributed by atoms with Gasteiger partial charge in [0.05, 0.1) is 27.8 Å². The summed E-state index contributed by atoms with van der Waals surface area (Å²) < 4.78 is 4.84. The molecule has 3 heterocycles. The largest absolute Gasteiger partial charge is 0.309 e. The van der Waals surface area contributed by atoms with Crippen molar-refractivity contribution in [3.63, 3.8) is 0 Å². The average Bonchev–Trinajstić information content (AvgIpc) is 3.78. The van der Waals surface area contributed by atoms with Gasteiger partial charge in [-0.3, -0.25) is 4.98 Å². The van der Waals surface area contributed by atoms with Crippen LogP contribution in [0.4, 0.5) is 0 Å². The van der Waals surface area contributed by atoms with Crippen LogP contribution in [-0.2, 0) is 0 Å². The van der Waals surface area contributed by atoms with Crippen molar-refractivity contribution in [2.75, 3.05) is 0 Å². The van der Waals surface area contributed by atoms with Crippen LogP contribution in [0.3, 0.4) is 0 Å². The molecular formula is C45H27N3. The fourth-order valence-corrected chi connectivity index (χ4v) is 8.30. The van der Waals surface area contributed by atoms with Crippen LogP contribution in [-0.4, -0.2) is 14.1 Å². The first-order valence-corrected chi connectivity index (χ1v) is 16.5. The summed E-state index contributed by atoms with van der Waals surface area (Å²) in [6.45, 7) is 0. The van der Waals surface area contributed by atoms with Crippen molar-refractivity contribution in [1.29, 1.82) is 0 Å². The minimum absolute atomic E-state index is 1.17. The maximum absolute atomic E-state index is 4.46. The third-order valence-electron chi connectivity index (χ3n) is 10.4. The summed E-state index contributed by atoms with van der Waals surface area (Å²) in [6.07, 6.45) is 3.90. The lowest BCUT2D eigenvalue weighted by molar-refractivity contribution is 1.18. The van der Waals surface area contributed by atoms with Crippen LogP contribution >= 0.6 is 0 Å². The molecule has 0 saturated carbocycles. The van der Waals surface area contributed by atoms with E-state index in [4.69, 9.17) is 0 Å². The number of nitrogens with zero attached hydrogens (tertiary/aromatic N) is 3. The van der Waals surface area contributed by atoms with Gasteiger partial charge in [0.1, 0.15) is 0 Å². The van der Waals surface area contributed by atoms with Crippen LogP contribution in [0.1, 0.15) is 0 Å². The molecule has 0 spiro atoms. The minimum Gasteiger partial charge on any atom is -0.309 e. The highest BCUT2D eigenvalue weighted by atomic mass is 15.0. The number of rotatable bonds is 3. The number of fused-ring (bicyclic) bond motifs is 9. The van der Waals surface area contributed by atoms with E-state index in [9.17, 15) is 0 Å². The summed E-state index contributed by atoms with van der Waals surface area (Å²) in [5.41, 5.74) is 14.6. The Balaban J connectivity index is 1.16. The lowest BCUT2D eigenvalue weighted by Crippen LogP contribution is -1.96. The normalized spacial score (nSPS) is 12.2. The quantitative estimate of drug-likeness (QED) is 0.195. The molecule has 0 fully saturated rings. The van der Waals surface area contributed by atoms with Crippen LogP contribution in [0.25, 0.3) is 99.1 Å². The zero-order valence-electron chi connectivity index (χ0n) is 25.9. The molecule has 10 aromatic rings. The van der Waals surface area contributed by atoms with E-state index in [1.54, 1.807) is 0 Å². The van der Waals surface area contributed by atoms with Crippen molar-refractivity contribution in [2.45, 2.75) is 0 Å². The van der Waals surface area contributed by atoms with E-state index in [0.29, 0.717) is 0 Å². The molecule has 222 valence electrons. The molecule has 1 aliphatic rings. The Hall–Kier alpha value is -6.45. The fourth-order valence-electron chi connectivity index (χ4n) is 8.30. The molecule has 11 rings (SSSR count). The lowest BCUT2D eigenvalue weighted by Gasteiger charge is -2.14. The van der Waals surface area contributed by atoms with E-state index in [0.717, 1.165) is 0 Å². The van der Waals surface area contributed by atoms with Gasteiger partial charge in [-0.1, -0.05) is 97.1 Å². The van der Waals surface area contributed by atoms with Gasteiger partial charge in [0.15, 0.2) is 0 Å². The van der Waals surface area contributed by atoms with Crippen molar-refractivity contribution >= 4 is 54.4 Å². The second-order valence-corrected chi connectivity index (χ2v) is 12.8. The average molecular weight is 610 g/mol. The van der Waals surface area contributed by atoms with Crippen LogP contribution in [0, 0.1) is 0 Å². The first-order chi connectivity index (χ1) is 23.8. The van der Waals surface area contributed by atoms with Gasteiger partial charge in [-0.05, 0) is 87.8 Å². The SMILES string of the molecule is c1ccc(-n2c3ccccc3c3cc(-c4ccc5c6ccccc6n(-c6ccc7c8c(cccc68)-c6cnccc6-7)c5c4)ccc32)cc1. The smallest absolute Gasteiger partial charge is 0.0547 e. The number of benzene rings is 7.